The molecule has 77 heavy (non-hydrogen) atoms. The topological polar surface area (TPSA) is 171 Å². The first kappa shape index (κ1) is 54.0. The molecule has 3 amide bonds. The van der Waals surface area contributed by atoms with Gasteiger partial charge in [0.1, 0.15) is 30.0 Å². The van der Waals surface area contributed by atoms with E-state index >= 15 is 9.59 Å². The number of hydrogen-bond acceptors (Lipinski definition) is 12. The Balaban J connectivity index is 1.06. The fourth-order valence-corrected chi connectivity index (χ4v) is 12.5. The minimum atomic E-state index is -1.15. The van der Waals surface area contributed by atoms with Crippen LogP contribution >= 0.6 is 0 Å². The second-order valence-electron chi connectivity index (χ2n) is 23.3. The quantitative estimate of drug-likeness (QED) is 0.105. The molecule has 6 heterocycles. The van der Waals surface area contributed by atoms with Crippen LogP contribution in [0.3, 0.4) is 0 Å². The number of carbonyl (C=O) groups is 4. The number of aromatic hydroxyl groups is 1. The van der Waals surface area contributed by atoms with Gasteiger partial charge in [0.05, 0.1) is 36.0 Å². The van der Waals surface area contributed by atoms with Crippen molar-refractivity contribution < 1.29 is 38.5 Å². The van der Waals surface area contributed by atoms with Crippen molar-refractivity contribution in [3.63, 3.8) is 0 Å². The number of aryl methyl sites for hydroxylation is 1. The van der Waals surface area contributed by atoms with Crippen LogP contribution in [0, 0.1) is 23.2 Å². The molecule has 5 aliphatic rings. The molecule has 3 saturated heterocycles. The van der Waals surface area contributed by atoms with Gasteiger partial charge in [0, 0.05) is 94.3 Å². The number of carbonyl (C=O) groups excluding carboxylic acids is 4. The molecule has 0 spiro atoms. The van der Waals surface area contributed by atoms with Gasteiger partial charge in [0.15, 0.2) is 0 Å². The third kappa shape index (κ3) is 11.0. The smallest absolute Gasteiger partial charge is 0.325 e. The number of nitrogens with one attached hydrogen (secondary N) is 2. The van der Waals surface area contributed by atoms with Crippen LogP contribution in [-0.4, -0.2) is 145 Å². The van der Waals surface area contributed by atoms with Crippen LogP contribution in [-0.2, 0) is 52.8 Å². The number of phenols is 1. The highest BCUT2D eigenvalue weighted by molar-refractivity contribution is 5.96. The van der Waals surface area contributed by atoms with E-state index < -0.39 is 47.4 Å². The Morgan fingerprint density at radius 1 is 1.00 bits per heavy atom. The highest BCUT2D eigenvalue weighted by atomic mass is 16.5. The fourth-order valence-electron chi connectivity index (χ4n) is 12.5. The number of fused-ring (bicyclic) bond motifs is 8. The molecule has 2 unspecified atom stereocenters. The van der Waals surface area contributed by atoms with Gasteiger partial charge < -0.3 is 43.9 Å². The molecule has 9 atom stereocenters. The highest BCUT2D eigenvalue weighted by Gasteiger charge is 2.53. The van der Waals surface area contributed by atoms with E-state index in [-0.39, 0.29) is 54.5 Å². The van der Waals surface area contributed by atoms with Crippen LogP contribution in [0.1, 0.15) is 95.2 Å². The third-order valence-corrected chi connectivity index (χ3v) is 17.3. The predicted octanol–water partition coefficient (Wildman–Crippen LogP) is 7.51. The van der Waals surface area contributed by atoms with Gasteiger partial charge >= 0.3 is 5.97 Å². The number of rotatable bonds is 12. The number of phenolic OH excluding ortho intramolecular Hbond substituents is 1. The average molecular weight is 1050 g/mol. The van der Waals surface area contributed by atoms with Gasteiger partial charge in [0.2, 0.25) is 5.91 Å². The van der Waals surface area contributed by atoms with Crippen LogP contribution in [0.2, 0.25) is 0 Å². The summed E-state index contributed by atoms with van der Waals surface area (Å²) in [6.07, 6.45) is 3.44. The molecule has 1 saturated carbocycles. The zero-order chi connectivity index (χ0) is 54.4. The number of anilines is 1. The number of cyclic esters (lactones) is 1. The first-order chi connectivity index (χ1) is 37.0. The Bertz CT molecular complexity index is 3010. The molecule has 410 valence electrons. The lowest BCUT2D eigenvalue weighted by Crippen LogP contribution is -2.63. The lowest BCUT2D eigenvalue weighted by molar-refractivity contribution is -0.156. The maximum Gasteiger partial charge on any atom is 0.325 e. The van der Waals surface area contributed by atoms with E-state index in [2.05, 4.69) is 77.2 Å². The summed E-state index contributed by atoms with van der Waals surface area (Å²) in [5, 5.41) is 17.2. The van der Waals surface area contributed by atoms with Crippen LogP contribution in [0.4, 0.5) is 5.69 Å². The number of piperazine rings is 1. The number of benzene rings is 3. The molecular weight excluding hydrogens is 973 g/mol. The first-order valence-corrected chi connectivity index (χ1v) is 27.9. The number of aromatic nitrogens is 2. The zero-order valence-electron chi connectivity index (χ0n) is 46.4. The van der Waals surface area contributed by atoms with E-state index in [0.29, 0.717) is 44.5 Å². The molecule has 16 nitrogen and oxygen atoms in total. The van der Waals surface area contributed by atoms with Crippen molar-refractivity contribution in [2.45, 2.75) is 116 Å². The number of nitrogens with zero attached hydrogens (tertiary/aromatic N) is 6. The minimum absolute atomic E-state index is 0.00904. The van der Waals surface area contributed by atoms with Crippen molar-refractivity contribution in [3.8, 4) is 28.1 Å². The second kappa shape index (κ2) is 22.2. The van der Waals surface area contributed by atoms with Gasteiger partial charge in [-0.15, -0.1) is 0 Å². The number of methoxy groups -OCH3 is 1. The van der Waals surface area contributed by atoms with Crippen molar-refractivity contribution >= 4 is 40.3 Å². The summed E-state index contributed by atoms with van der Waals surface area (Å²) >= 11 is 0. The summed E-state index contributed by atoms with van der Waals surface area (Å²) in [6, 6.07) is 21.0. The number of amides is 3. The Kier molecular flexibility index (Phi) is 15.6. The summed E-state index contributed by atoms with van der Waals surface area (Å²) in [5.74, 6) is -2.03. The van der Waals surface area contributed by atoms with E-state index in [1.54, 1.807) is 26.3 Å². The molecule has 1 aliphatic carbocycles. The van der Waals surface area contributed by atoms with Gasteiger partial charge in [-0.1, -0.05) is 76.6 Å². The fraction of sp³-hybridized carbons (Fsp3) is 0.525. The van der Waals surface area contributed by atoms with Gasteiger partial charge in [-0.2, -0.15) is 0 Å². The number of esters is 1. The normalized spacial score (nSPS) is 24.8. The summed E-state index contributed by atoms with van der Waals surface area (Å²) in [4.78, 5) is 70.5. The summed E-state index contributed by atoms with van der Waals surface area (Å²) in [5.41, 5.74) is 11.9. The predicted molar refractivity (Wildman–Crippen MR) is 297 cm³/mol. The number of ether oxygens (including phenoxy) is 3. The van der Waals surface area contributed by atoms with Gasteiger partial charge in [-0.05, 0) is 116 Å². The number of pyridine rings is 1. The van der Waals surface area contributed by atoms with E-state index in [4.69, 9.17) is 19.2 Å². The Hall–Kier alpha value is -6.33. The van der Waals surface area contributed by atoms with Crippen molar-refractivity contribution in [2.75, 3.05) is 72.0 Å². The van der Waals surface area contributed by atoms with E-state index in [1.807, 2.05) is 63.4 Å². The molecule has 3 N–H and O–H groups in total. The van der Waals surface area contributed by atoms with Crippen molar-refractivity contribution in [2.24, 2.45) is 23.2 Å². The number of hydrogen-bond donors (Lipinski definition) is 3. The molecule has 10 rings (SSSR count). The second-order valence-corrected chi connectivity index (χ2v) is 23.3. The van der Waals surface area contributed by atoms with E-state index in [9.17, 15) is 14.7 Å². The molecular formula is C61H78N8O8. The lowest BCUT2D eigenvalue weighted by atomic mass is 9.84. The molecule has 16 heteroatoms. The van der Waals surface area contributed by atoms with E-state index in [1.165, 1.54) is 9.91 Å². The number of hydrazine groups is 1. The maximum absolute atomic E-state index is 15.2. The van der Waals surface area contributed by atoms with E-state index in [0.717, 1.165) is 88.4 Å². The summed E-state index contributed by atoms with van der Waals surface area (Å²) < 4.78 is 20.8. The third-order valence-electron chi connectivity index (χ3n) is 17.3. The van der Waals surface area contributed by atoms with Gasteiger partial charge in [0.25, 0.3) is 11.8 Å². The largest absolute Gasteiger partial charge is 0.508 e. The van der Waals surface area contributed by atoms with Crippen LogP contribution < -0.4 is 15.6 Å². The SMILES string of the molecule is CC[C@@H](C)[C@@H](C(=O)N[C@H]1Cc2cc(O)cc(c2)-c2ccc3c(c2)c(c(-c2cc(N4CCN(C)CC4)cnc2[C@H](C)OC)n3CC)CC(C)(C)COC(=O)[C@H]2NN(CC3C[C@@H]32)C1=O)N(C)C(=O)C1OCC[C@@H]1c1ccccc1. The minimum Gasteiger partial charge on any atom is -0.508 e. The van der Waals surface area contributed by atoms with Crippen molar-refractivity contribution in [3.05, 3.63) is 101 Å². The molecule has 3 aromatic carbocycles. The monoisotopic (exact) mass is 1050 g/mol. The molecule has 4 aliphatic heterocycles. The first-order valence-electron chi connectivity index (χ1n) is 27.9. The molecule has 0 radical (unpaired) electrons. The van der Waals surface area contributed by atoms with Gasteiger partial charge in [-0.25, -0.2) is 5.43 Å². The van der Waals surface area contributed by atoms with Crippen molar-refractivity contribution in [1.82, 2.24) is 35.1 Å². The number of likely N-dealkylation sites (N-methyl/N-ethyl adjacent to an activating group) is 2. The van der Waals surface area contributed by atoms with Gasteiger partial charge in [-0.3, -0.25) is 29.2 Å². The van der Waals surface area contributed by atoms with Crippen molar-refractivity contribution in [1.29, 1.82) is 0 Å². The molecule has 5 aromatic rings. The Morgan fingerprint density at radius 2 is 1.77 bits per heavy atom. The summed E-state index contributed by atoms with van der Waals surface area (Å²) in [7, 11) is 5.51. The highest BCUT2D eigenvalue weighted by Crippen LogP contribution is 2.46. The summed E-state index contributed by atoms with van der Waals surface area (Å²) in [6.45, 7) is 17.5. The Morgan fingerprint density at radius 3 is 2.49 bits per heavy atom. The van der Waals surface area contributed by atoms with Crippen LogP contribution in [0.25, 0.3) is 33.3 Å². The Labute approximate surface area is 453 Å². The average Bonchev–Trinajstić information content (AvgIpc) is 4.06. The zero-order valence-corrected chi connectivity index (χ0v) is 46.4. The molecule has 6 bridgehead atoms. The molecule has 4 fully saturated rings. The lowest BCUT2D eigenvalue weighted by Gasteiger charge is -2.37. The maximum atomic E-state index is 15.2. The van der Waals surface area contributed by atoms with Crippen LogP contribution in [0.15, 0.2) is 79.0 Å². The van der Waals surface area contributed by atoms with Crippen LogP contribution in [0.5, 0.6) is 5.75 Å². The standard InChI is InChI=1S/C61H78N8O8/c1-10-36(3)54(66(8)59(73)56-45(19-24-76-56)39-15-13-12-14-16-39)57(71)63-50-27-38-25-41(28-44(70)26-38)40-17-18-51-47(29-40)49(32-61(5,6)35-77-60(74)53-46-30-42(46)34-69(64-53)58(50)72)55(68(51)11-2)48-31-43(33-62-52(48)37(4)75-9)67-22-20-65(7)21-23-67/h12-18,25-26,28-29,31,33,36-37,42,45-46,50,53-54,56,64,70H,10-11,19-24,27,30,32,34-35H2,1-9H3,(H,63,71)/t36-,37+,42?,45-,46+,50+,53+,54+,56?/m1/s1. The molecule has 2 aromatic heterocycles.